The third kappa shape index (κ3) is 3.03. The van der Waals surface area contributed by atoms with Gasteiger partial charge in [-0.15, -0.1) is 5.10 Å². The maximum Gasteiger partial charge on any atom is 0.124 e. The van der Waals surface area contributed by atoms with E-state index in [-0.39, 0.29) is 0 Å². The predicted molar refractivity (Wildman–Crippen MR) is 69.2 cm³/mol. The summed E-state index contributed by atoms with van der Waals surface area (Å²) in [5, 5.41) is 18.1. The fourth-order valence-corrected chi connectivity index (χ4v) is 1.90. The molecule has 0 saturated heterocycles. The Morgan fingerprint density at radius 2 is 2.11 bits per heavy atom. The lowest BCUT2D eigenvalue weighted by molar-refractivity contribution is 0.172. The van der Waals surface area contributed by atoms with Gasteiger partial charge in [-0.2, -0.15) is 0 Å². The fourth-order valence-electron chi connectivity index (χ4n) is 1.90. The largest absolute Gasteiger partial charge is 0.497 e. The van der Waals surface area contributed by atoms with Gasteiger partial charge in [0.1, 0.15) is 11.5 Å². The highest BCUT2D eigenvalue weighted by Gasteiger charge is 2.16. The molecule has 1 unspecified atom stereocenters. The molecule has 0 radical (unpaired) electrons. The first-order chi connectivity index (χ1) is 9.13. The van der Waals surface area contributed by atoms with Crippen LogP contribution in [0.1, 0.15) is 17.4 Å². The van der Waals surface area contributed by atoms with Crippen LogP contribution in [0.25, 0.3) is 0 Å². The zero-order valence-corrected chi connectivity index (χ0v) is 11.2. The average Bonchev–Trinajstić information content (AvgIpc) is 2.83. The van der Waals surface area contributed by atoms with Crippen LogP contribution in [0.5, 0.6) is 11.5 Å². The summed E-state index contributed by atoms with van der Waals surface area (Å²) in [5.74, 6) is 1.30. The lowest BCUT2D eigenvalue weighted by atomic mass is 10.0. The first-order valence-corrected chi connectivity index (χ1v) is 5.89. The van der Waals surface area contributed by atoms with Crippen LogP contribution in [0, 0.1) is 0 Å². The number of methoxy groups -OCH3 is 2. The zero-order chi connectivity index (χ0) is 13.8. The van der Waals surface area contributed by atoms with Crippen LogP contribution in [0.4, 0.5) is 0 Å². The van der Waals surface area contributed by atoms with Gasteiger partial charge < -0.3 is 14.6 Å². The Morgan fingerprint density at radius 1 is 1.32 bits per heavy atom. The average molecular weight is 263 g/mol. The van der Waals surface area contributed by atoms with Crippen LogP contribution in [0.2, 0.25) is 0 Å². The van der Waals surface area contributed by atoms with Gasteiger partial charge in [-0.3, -0.25) is 4.68 Å². The molecular weight excluding hydrogens is 246 g/mol. The van der Waals surface area contributed by atoms with Crippen molar-refractivity contribution in [3.8, 4) is 11.5 Å². The second kappa shape index (κ2) is 5.71. The summed E-state index contributed by atoms with van der Waals surface area (Å²) in [4.78, 5) is 0. The van der Waals surface area contributed by atoms with E-state index in [0.29, 0.717) is 23.5 Å². The molecule has 0 aliphatic rings. The minimum Gasteiger partial charge on any atom is -0.497 e. The zero-order valence-electron chi connectivity index (χ0n) is 11.2. The van der Waals surface area contributed by atoms with Crippen molar-refractivity contribution in [2.24, 2.45) is 7.05 Å². The van der Waals surface area contributed by atoms with E-state index in [1.807, 2.05) is 0 Å². The number of aliphatic hydroxyl groups is 1. The number of benzene rings is 1. The van der Waals surface area contributed by atoms with Crippen molar-refractivity contribution < 1.29 is 14.6 Å². The molecule has 1 heterocycles. The molecule has 1 aromatic heterocycles. The van der Waals surface area contributed by atoms with Gasteiger partial charge in [0.05, 0.1) is 26.0 Å². The molecule has 0 bridgehead atoms. The predicted octanol–water partition coefficient (Wildman–Crippen LogP) is 1.11. The number of ether oxygens (including phenoxy) is 2. The van der Waals surface area contributed by atoms with E-state index in [4.69, 9.17) is 9.47 Å². The molecule has 1 aromatic carbocycles. The van der Waals surface area contributed by atoms with E-state index >= 15 is 0 Å². The molecular formula is C13H17N3O3. The Bertz CT molecular complexity index is 554. The van der Waals surface area contributed by atoms with Gasteiger partial charge in [0.2, 0.25) is 0 Å². The lowest BCUT2D eigenvalue weighted by Gasteiger charge is -2.14. The molecule has 0 fully saturated rings. The highest BCUT2D eigenvalue weighted by Crippen LogP contribution is 2.30. The molecule has 0 spiro atoms. The number of aromatic nitrogens is 3. The number of hydrogen-bond donors (Lipinski definition) is 1. The minimum absolute atomic E-state index is 0.372. The third-order valence-corrected chi connectivity index (χ3v) is 2.85. The topological polar surface area (TPSA) is 69.4 Å². The normalized spacial score (nSPS) is 12.2. The standard InChI is InChI=1S/C13H17N3O3/c1-16-8-9(14-15-16)6-12(17)11-7-10(18-2)4-5-13(11)19-3/h4-5,7-8,12,17H,6H2,1-3H3. The van der Waals surface area contributed by atoms with Crippen molar-refractivity contribution in [3.63, 3.8) is 0 Å². The highest BCUT2D eigenvalue weighted by molar-refractivity contribution is 5.42. The van der Waals surface area contributed by atoms with Gasteiger partial charge in [0.25, 0.3) is 0 Å². The molecule has 0 aliphatic carbocycles. The maximum absolute atomic E-state index is 10.3. The molecule has 0 aliphatic heterocycles. The summed E-state index contributed by atoms with van der Waals surface area (Å²) < 4.78 is 12.0. The van der Waals surface area contributed by atoms with Crippen LogP contribution in [0.3, 0.4) is 0 Å². The Labute approximate surface area is 111 Å². The van der Waals surface area contributed by atoms with Crippen LogP contribution in [-0.4, -0.2) is 34.3 Å². The molecule has 19 heavy (non-hydrogen) atoms. The summed E-state index contributed by atoms with van der Waals surface area (Å²) in [7, 11) is 4.94. The Morgan fingerprint density at radius 3 is 2.68 bits per heavy atom. The number of aryl methyl sites for hydroxylation is 1. The summed E-state index contributed by atoms with van der Waals surface area (Å²) in [5.41, 5.74) is 1.40. The molecule has 6 nitrogen and oxygen atoms in total. The molecule has 1 N–H and O–H groups in total. The van der Waals surface area contributed by atoms with E-state index in [2.05, 4.69) is 10.3 Å². The van der Waals surface area contributed by atoms with Crippen molar-refractivity contribution in [1.82, 2.24) is 15.0 Å². The van der Waals surface area contributed by atoms with Gasteiger partial charge >= 0.3 is 0 Å². The number of hydrogen-bond acceptors (Lipinski definition) is 5. The van der Waals surface area contributed by atoms with Crippen LogP contribution >= 0.6 is 0 Å². The third-order valence-electron chi connectivity index (χ3n) is 2.85. The van der Waals surface area contributed by atoms with Crippen molar-refractivity contribution in [3.05, 3.63) is 35.7 Å². The second-order valence-electron chi connectivity index (χ2n) is 4.21. The smallest absolute Gasteiger partial charge is 0.124 e. The van der Waals surface area contributed by atoms with E-state index in [1.165, 1.54) is 0 Å². The molecule has 2 aromatic rings. The molecule has 2 rings (SSSR count). The van der Waals surface area contributed by atoms with E-state index < -0.39 is 6.10 Å². The molecule has 0 amide bonds. The summed E-state index contributed by atoms with van der Waals surface area (Å²) >= 11 is 0. The van der Waals surface area contributed by atoms with Crippen molar-refractivity contribution in [2.75, 3.05) is 14.2 Å². The first-order valence-electron chi connectivity index (χ1n) is 5.89. The lowest BCUT2D eigenvalue weighted by Crippen LogP contribution is -2.05. The molecule has 1 atom stereocenters. The second-order valence-corrected chi connectivity index (χ2v) is 4.21. The van der Waals surface area contributed by atoms with E-state index in [9.17, 15) is 5.11 Å². The highest BCUT2D eigenvalue weighted by atomic mass is 16.5. The Hall–Kier alpha value is -2.08. The van der Waals surface area contributed by atoms with Gasteiger partial charge in [0.15, 0.2) is 0 Å². The summed E-state index contributed by atoms with van der Waals surface area (Å²) in [6.07, 6.45) is 1.43. The van der Waals surface area contributed by atoms with Crippen molar-refractivity contribution in [2.45, 2.75) is 12.5 Å². The monoisotopic (exact) mass is 263 g/mol. The Kier molecular flexibility index (Phi) is 4.01. The molecule has 0 saturated carbocycles. The molecule has 6 heteroatoms. The number of aliphatic hydroxyl groups excluding tert-OH is 1. The van der Waals surface area contributed by atoms with Crippen LogP contribution in [-0.2, 0) is 13.5 Å². The molecule has 102 valence electrons. The van der Waals surface area contributed by atoms with E-state index in [1.54, 1.807) is 50.3 Å². The Balaban J connectivity index is 2.23. The van der Waals surface area contributed by atoms with Gasteiger partial charge in [-0.05, 0) is 18.2 Å². The quantitative estimate of drug-likeness (QED) is 0.875. The first kappa shape index (κ1) is 13.4. The minimum atomic E-state index is -0.721. The summed E-state index contributed by atoms with van der Waals surface area (Å²) in [6.45, 7) is 0. The fraction of sp³-hybridized carbons (Fsp3) is 0.385. The van der Waals surface area contributed by atoms with Gasteiger partial charge in [-0.25, -0.2) is 0 Å². The van der Waals surface area contributed by atoms with Gasteiger partial charge in [0, 0.05) is 25.2 Å². The van der Waals surface area contributed by atoms with Crippen LogP contribution < -0.4 is 9.47 Å². The summed E-state index contributed by atoms with van der Waals surface area (Å²) in [6, 6.07) is 5.32. The van der Waals surface area contributed by atoms with E-state index in [0.717, 1.165) is 5.69 Å². The van der Waals surface area contributed by atoms with Crippen LogP contribution in [0.15, 0.2) is 24.4 Å². The number of nitrogens with zero attached hydrogens (tertiary/aromatic N) is 3. The maximum atomic E-state index is 10.3. The number of rotatable bonds is 5. The van der Waals surface area contributed by atoms with Gasteiger partial charge in [-0.1, -0.05) is 5.21 Å². The van der Waals surface area contributed by atoms with Crippen molar-refractivity contribution in [1.29, 1.82) is 0 Å². The SMILES string of the molecule is COc1ccc(OC)c(C(O)Cc2cn(C)nn2)c1. The van der Waals surface area contributed by atoms with Crippen molar-refractivity contribution >= 4 is 0 Å².